The van der Waals surface area contributed by atoms with Crippen molar-refractivity contribution >= 4 is 29.3 Å². The molecule has 1 amide bonds. The Hall–Kier alpha value is -3.17. The fourth-order valence-electron chi connectivity index (χ4n) is 2.65. The molecule has 0 aromatic heterocycles. The van der Waals surface area contributed by atoms with Crippen LogP contribution in [0.25, 0.3) is 6.08 Å². The highest BCUT2D eigenvalue weighted by atomic mass is 35.5. The molecular formula is C21H19ClN2O4. The van der Waals surface area contributed by atoms with Crippen molar-refractivity contribution in [3.8, 4) is 23.3 Å². The summed E-state index contributed by atoms with van der Waals surface area (Å²) in [6, 6.07) is 12.2. The third-order valence-electron chi connectivity index (χ3n) is 3.92. The zero-order valence-corrected chi connectivity index (χ0v) is 16.1. The Morgan fingerprint density at radius 3 is 2.75 bits per heavy atom. The van der Waals surface area contributed by atoms with E-state index in [0.29, 0.717) is 53.3 Å². The fraction of sp³-hybridized carbons (Fsp3) is 0.238. The summed E-state index contributed by atoms with van der Waals surface area (Å²) in [6.07, 6.45) is 2.22. The molecule has 0 atom stereocenters. The summed E-state index contributed by atoms with van der Waals surface area (Å²) >= 11 is 6.27. The lowest BCUT2D eigenvalue weighted by molar-refractivity contribution is -0.112. The molecule has 0 spiro atoms. The van der Waals surface area contributed by atoms with Gasteiger partial charge in [0.15, 0.2) is 11.5 Å². The van der Waals surface area contributed by atoms with Gasteiger partial charge in [-0.05, 0) is 55.0 Å². The molecule has 3 rings (SSSR count). The zero-order chi connectivity index (χ0) is 19.9. The SMILES string of the molecule is CCOc1ccc(NC(=O)/C(C#N)=C/c2cc(Cl)c3c(c2)OCCCO3)cc1. The number of nitriles is 1. The molecule has 7 heteroatoms. The maximum Gasteiger partial charge on any atom is 0.266 e. The highest BCUT2D eigenvalue weighted by Gasteiger charge is 2.16. The molecule has 28 heavy (non-hydrogen) atoms. The second-order valence-corrected chi connectivity index (χ2v) is 6.37. The number of halogens is 1. The molecule has 0 radical (unpaired) electrons. The van der Waals surface area contributed by atoms with Gasteiger partial charge in [0.05, 0.1) is 24.8 Å². The molecule has 0 saturated heterocycles. The van der Waals surface area contributed by atoms with Gasteiger partial charge in [-0.15, -0.1) is 0 Å². The van der Waals surface area contributed by atoms with Gasteiger partial charge in [-0.25, -0.2) is 0 Å². The van der Waals surface area contributed by atoms with Gasteiger partial charge in [0, 0.05) is 12.1 Å². The molecule has 6 nitrogen and oxygen atoms in total. The van der Waals surface area contributed by atoms with Crippen LogP contribution in [0, 0.1) is 11.3 Å². The number of ether oxygens (including phenoxy) is 3. The average molecular weight is 399 g/mol. The Kier molecular flexibility index (Phi) is 6.41. The largest absolute Gasteiger partial charge is 0.494 e. The molecule has 1 heterocycles. The number of benzene rings is 2. The molecule has 0 aliphatic carbocycles. The van der Waals surface area contributed by atoms with Crippen molar-refractivity contribution in [2.45, 2.75) is 13.3 Å². The number of rotatable bonds is 5. The lowest BCUT2D eigenvalue weighted by Crippen LogP contribution is -2.13. The summed E-state index contributed by atoms with van der Waals surface area (Å²) in [4.78, 5) is 12.5. The summed E-state index contributed by atoms with van der Waals surface area (Å²) in [5.74, 6) is 1.17. The van der Waals surface area contributed by atoms with E-state index in [1.807, 2.05) is 13.0 Å². The van der Waals surface area contributed by atoms with Gasteiger partial charge in [0.1, 0.15) is 17.4 Å². The van der Waals surface area contributed by atoms with E-state index in [0.717, 1.165) is 6.42 Å². The number of hydrogen-bond donors (Lipinski definition) is 1. The maximum absolute atomic E-state index is 12.5. The van der Waals surface area contributed by atoms with Crippen LogP contribution in [0.3, 0.4) is 0 Å². The molecule has 0 bridgehead atoms. The number of carbonyl (C=O) groups is 1. The van der Waals surface area contributed by atoms with Crippen molar-refractivity contribution in [3.05, 3.63) is 52.6 Å². The molecule has 1 aliphatic heterocycles. The number of hydrogen-bond acceptors (Lipinski definition) is 5. The Morgan fingerprint density at radius 2 is 2.04 bits per heavy atom. The Labute approximate surface area is 168 Å². The minimum Gasteiger partial charge on any atom is -0.494 e. The van der Waals surface area contributed by atoms with Crippen LogP contribution in [-0.2, 0) is 4.79 Å². The second-order valence-electron chi connectivity index (χ2n) is 5.96. The summed E-state index contributed by atoms with van der Waals surface area (Å²) < 4.78 is 16.6. The predicted octanol–water partition coefficient (Wildman–Crippen LogP) is 4.45. The molecule has 2 aromatic carbocycles. The molecule has 0 fully saturated rings. The minimum atomic E-state index is -0.519. The molecular weight excluding hydrogens is 380 g/mol. The van der Waals surface area contributed by atoms with Crippen molar-refractivity contribution in [2.24, 2.45) is 0 Å². The maximum atomic E-state index is 12.5. The van der Waals surface area contributed by atoms with Gasteiger partial charge >= 0.3 is 0 Å². The first-order valence-corrected chi connectivity index (χ1v) is 9.23. The molecule has 2 aromatic rings. The third-order valence-corrected chi connectivity index (χ3v) is 4.20. The van der Waals surface area contributed by atoms with Gasteiger partial charge < -0.3 is 19.5 Å². The summed E-state index contributed by atoms with van der Waals surface area (Å²) in [6.45, 7) is 3.49. The molecule has 0 saturated carbocycles. The first-order valence-electron chi connectivity index (χ1n) is 8.86. The molecule has 0 unspecified atom stereocenters. The van der Waals surface area contributed by atoms with Gasteiger partial charge in [-0.2, -0.15) is 5.26 Å². The number of carbonyl (C=O) groups excluding carboxylic acids is 1. The van der Waals surface area contributed by atoms with E-state index < -0.39 is 5.91 Å². The van der Waals surface area contributed by atoms with Crippen molar-refractivity contribution < 1.29 is 19.0 Å². The van der Waals surface area contributed by atoms with Crippen molar-refractivity contribution in [1.29, 1.82) is 5.26 Å². The van der Waals surface area contributed by atoms with Crippen LogP contribution in [0.15, 0.2) is 42.0 Å². The molecule has 144 valence electrons. The highest BCUT2D eigenvalue weighted by Crippen LogP contribution is 2.38. The van der Waals surface area contributed by atoms with Gasteiger partial charge in [-0.3, -0.25) is 4.79 Å². The first-order chi connectivity index (χ1) is 13.6. The predicted molar refractivity (Wildman–Crippen MR) is 107 cm³/mol. The van der Waals surface area contributed by atoms with E-state index in [2.05, 4.69) is 5.32 Å². The number of anilines is 1. The number of amides is 1. The average Bonchev–Trinajstić information content (AvgIpc) is 2.93. The minimum absolute atomic E-state index is 0.0561. The monoisotopic (exact) mass is 398 g/mol. The van der Waals surface area contributed by atoms with Crippen LogP contribution in [-0.4, -0.2) is 25.7 Å². The van der Waals surface area contributed by atoms with Crippen molar-refractivity contribution in [3.63, 3.8) is 0 Å². The van der Waals surface area contributed by atoms with Crippen LogP contribution in [0.2, 0.25) is 5.02 Å². The third kappa shape index (κ3) is 4.76. The topological polar surface area (TPSA) is 80.6 Å². The van der Waals surface area contributed by atoms with Crippen LogP contribution in [0.4, 0.5) is 5.69 Å². The van der Waals surface area contributed by atoms with Crippen LogP contribution in [0.5, 0.6) is 17.2 Å². The second kappa shape index (κ2) is 9.16. The normalized spacial score (nSPS) is 13.2. The van der Waals surface area contributed by atoms with E-state index >= 15 is 0 Å². The standard InChI is InChI=1S/C21H19ClN2O4/c1-2-26-17-6-4-16(5-7-17)24-21(25)15(13-23)10-14-11-18(22)20-19(12-14)27-8-3-9-28-20/h4-7,10-12H,2-3,8-9H2,1H3,(H,24,25)/b15-10+. The first kappa shape index (κ1) is 19.6. The van der Waals surface area contributed by atoms with E-state index in [1.54, 1.807) is 36.4 Å². The van der Waals surface area contributed by atoms with Gasteiger partial charge in [0.25, 0.3) is 5.91 Å². The fourth-order valence-corrected chi connectivity index (χ4v) is 2.92. The Bertz CT molecular complexity index is 933. The number of fused-ring (bicyclic) bond motifs is 1. The number of nitrogens with zero attached hydrogens (tertiary/aromatic N) is 1. The molecule has 1 aliphatic rings. The number of nitrogens with one attached hydrogen (secondary N) is 1. The smallest absolute Gasteiger partial charge is 0.266 e. The van der Waals surface area contributed by atoms with Gasteiger partial charge in [-0.1, -0.05) is 11.6 Å². The quantitative estimate of drug-likeness (QED) is 0.594. The Morgan fingerprint density at radius 1 is 1.29 bits per heavy atom. The molecule has 1 N–H and O–H groups in total. The lowest BCUT2D eigenvalue weighted by atomic mass is 10.1. The summed E-state index contributed by atoms with van der Waals surface area (Å²) in [7, 11) is 0. The van der Waals surface area contributed by atoms with E-state index in [4.69, 9.17) is 25.8 Å². The lowest BCUT2D eigenvalue weighted by Gasteiger charge is -2.10. The van der Waals surface area contributed by atoms with E-state index in [-0.39, 0.29) is 5.57 Å². The van der Waals surface area contributed by atoms with Crippen LogP contribution < -0.4 is 19.5 Å². The van der Waals surface area contributed by atoms with Crippen molar-refractivity contribution in [1.82, 2.24) is 0 Å². The summed E-state index contributed by atoms with van der Waals surface area (Å²) in [5, 5.41) is 12.5. The van der Waals surface area contributed by atoms with Crippen LogP contribution >= 0.6 is 11.6 Å². The summed E-state index contributed by atoms with van der Waals surface area (Å²) in [5.41, 5.74) is 1.08. The van der Waals surface area contributed by atoms with E-state index in [1.165, 1.54) is 6.08 Å². The Balaban J connectivity index is 1.79. The van der Waals surface area contributed by atoms with Crippen molar-refractivity contribution in [2.75, 3.05) is 25.1 Å². The van der Waals surface area contributed by atoms with Crippen LogP contribution in [0.1, 0.15) is 18.9 Å². The zero-order valence-electron chi connectivity index (χ0n) is 15.3. The highest BCUT2D eigenvalue weighted by molar-refractivity contribution is 6.32. The van der Waals surface area contributed by atoms with Gasteiger partial charge in [0.2, 0.25) is 0 Å². The van der Waals surface area contributed by atoms with E-state index in [9.17, 15) is 10.1 Å².